The summed E-state index contributed by atoms with van der Waals surface area (Å²) in [7, 11) is 0. The second kappa shape index (κ2) is 7.73. The summed E-state index contributed by atoms with van der Waals surface area (Å²) in [5.41, 5.74) is 0.829. The molecular formula is C17H21NO4. The first kappa shape index (κ1) is 16.2. The van der Waals surface area contributed by atoms with Crippen LogP contribution >= 0.6 is 0 Å². The number of hydrogen-bond donors (Lipinski definition) is 0. The second-order valence-electron chi connectivity index (χ2n) is 5.46. The molecule has 1 heterocycles. The maximum absolute atomic E-state index is 12.2. The molecule has 5 heteroatoms. The molecule has 1 saturated heterocycles. The Morgan fingerprint density at radius 3 is 2.64 bits per heavy atom. The van der Waals surface area contributed by atoms with Crippen molar-refractivity contribution < 1.29 is 19.1 Å². The van der Waals surface area contributed by atoms with Crippen LogP contribution in [-0.4, -0.2) is 42.3 Å². The summed E-state index contributed by atoms with van der Waals surface area (Å²) in [4.78, 5) is 36.5. The Kier molecular flexibility index (Phi) is 5.69. The fraction of sp³-hybridized carbons (Fsp3) is 0.471. The van der Waals surface area contributed by atoms with Gasteiger partial charge in [0.25, 0.3) is 5.91 Å². The number of hydrogen-bond acceptors (Lipinski definition) is 4. The summed E-state index contributed by atoms with van der Waals surface area (Å²) in [6.07, 6.45) is 4.80. The van der Waals surface area contributed by atoms with E-state index in [0.29, 0.717) is 17.4 Å². The molecule has 1 aliphatic heterocycles. The highest BCUT2D eigenvalue weighted by atomic mass is 16.5. The predicted molar refractivity (Wildman–Crippen MR) is 81.8 cm³/mol. The monoisotopic (exact) mass is 303 g/mol. The lowest BCUT2D eigenvalue weighted by Gasteiger charge is -2.35. The second-order valence-corrected chi connectivity index (χ2v) is 5.46. The minimum Gasteiger partial charge on any atom is -0.452 e. The maximum Gasteiger partial charge on any atom is 0.338 e. The van der Waals surface area contributed by atoms with Gasteiger partial charge in [0.2, 0.25) is 0 Å². The van der Waals surface area contributed by atoms with E-state index in [9.17, 15) is 14.4 Å². The number of nitrogens with zero attached hydrogens (tertiary/aromatic N) is 1. The molecule has 118 valence electrons. The topological polar surface area (TPSA) is 63.7 Å². The molecule has 1 aromatic carbocycles. The number of rotatable bonds is 5. The summed E-state index contributed by atoms with van der Waals surface area (Å²) >= 11 is 0. The van der Waals surface area contributed by atoms with Crippen molar-refractivity contribution in [3.63, 3.8) is 0 Å². The quantitative estimate of drug-likeness (QED) is 0.619. The van der Waals surface area contributed by atoms with Gasteiger partial charge in [0.1, 0.15) is 6.29 Å². The average Bonchev–Trinajstić information content (AvgIpc) is 2.59. The molecule has 1 amide bonds. The summed E-state index contributed by atoms with van der Waals surface area (Å²) < 4.78 is 5.09. The lowest BCUT2D eigenvalue weighted by molar-refractivity contribution is -0.138. The summed E-state index contributed by atoms with van der Waals surface area (Å²) in [5.74, 6) is -0.680. The van der Waals surface area contributed by atoms with Gasteiger partial charge >= 0.3 is 5.97 Å². The molecule has 2 rings (SSSR count). The first-order valence-electron chi connectivity index (χ1n) is 7.67. The minimum atomic E-state index is -0.546. The van der Waals surface area contributed by atoms with Crippen LogP contribution in [0.25, 0.3) is 0 Å². The van der Waals surface area contributed by atoms with Crippen LogP contribution in [-0.2, 0) is 9.53 Å². The van der Waals surface area contributed by atoms with Crippen molar-refractivity contribution in [3.8, 4) is 0 Å². The third-order valence-electron chi connectivity index (χ3n) is 4.03. The van der Waals surface area contributed by atoms with Crippen molar-refractivity contribution in [2.75, 3.05) is 13.2 Å². The van der Waals surface area contributed by atoms with E-state index in [-0.39, 0.29) is 18.6 Å². The van der Waals surface area contributed by atoms with Crippen molar-refractivity contribution >= 4 is 18.2 Å². The van der Waals surface area contributed by atoms with Crippen LogP contribution in [0.2, 0.25) is 0 Å². The summed E-state index contributed by atoms with van der Waals surface area (Å²) in [6, 6.07) is 6.39. The number of amides is 1. The Morgan fingerprint density at radius 1 is 1.27 bits per heavy atom. The third kappa shape index (κ3) is 3.93. The van der Waals surface area contributed by atoms with Gasteiger partial charge in [0, 0.05) is 18.2 Å². The Labute approximate surface area is 130 Å². The molecule has 0 aromatic heterocycles. The van der Waals surface area contributed by atoms with Gasteiger partial charge < -0.3 is 9.64 Å². The Hall–Kier alpha value is -2.17. The zero-order chi connectivity index (χ0) is 15.9. The van der Waals surface area contributed by atoms with Gasteiger partial charge in [-0.1, -0.05) is 19.1 Å². The van der Waals surface area contributed by atoms with Gasteiger partial charge in [-0.2, -0.15) is 0 Å². The standard InChI is InChI=1S/C17H21NO4/c1-2-15-5-3-4-10-18(15)16(20)12-22-17(21)14-8-6-13(11-19)7-9-14/h6-9,11,15H,2-5,10,12H2,1H3/t15-/m1/s1. The van der Waals surface area contributed by atoms with E-state index in [2.05, 4.69) is 6.92 Å². The normalized spacial score (nSPS) is 17.9. The van der Waals surface area contributed by atoms with Crippen LogP contribution in [0.3, 0.4) is 0 Å². The van der Waals surface area contributed by atoms with Crippen molar-refractivity contribution in [2.45, 2.75) is 38.6 Å². The molecular weight excluding hydrogens is 282 g/mol. The van der Waals surface area contributed by atoms with E-state index in [0.717, 1.165) is 32.2 Å². The zero-order valence-electron chi connectivity index (χ0n) is 12.8. The Balaban J connectivity index is 1.89. The van der Waals surface area contributed by atoms with E-state index >= 15 is 0 Å². The van der Waals surface area contributed by atoms with Gasteiger partial charge in [-0.25, -0.2) is 4.79 Å². The third-order valence-corrected chi connectivity index (χ3v) is 4.03. The molecule has 1 atom stereocenters. The van der Waals surface area contributed by atoms with E-state index < -0.39 is 5.97 Å². The molecule has 0 radical (unpaired) electrons. The predicted octanol–water partition coefficient (Wildman–Crippen LogP) is 2.45. The number of piperidine rings is 1. The molecule has 22 heavy (non-hydrogen) atoms. The smallest absolute Gasteiger partial charge is 0.338 e. The molecule has 0 bridgehead atoms. The van der Waals surface area contributed by atoms with Gasteiger partial charge in [-0.15, -0.1) is 0 Å². The molecule has 5 nitrogen and oxygen atoms in total. The Morgan fingerprint density at radius 2 is 2.00 bits per heavy atom. The largest absolute Gasteiger partial charge is 0.452 e. The van der Waals surface area contributed by atoms with Crippen LogP contribution in [0.15, 0.2) is 24.3 Å². The molecule has 1 aromatic rings. The molecule has 1 fully saturated rings. The lowest BCUT2D eigenvalue weighted by atomic mass is 10.00. The minimum absolute atomic E-state index is 0.135. The van der Waals surface area contributed by atoms with Gasteiger partial charge in [0.05, 0.1) is 5.56 Å². The number of ether oxygens (including phenoxy) is 1. The molecule has 0 saturated carbocycles. The number of benzene rings is 1. The van der Waals surface area contributed by atoms with Crippen LogP contribution in [0.4, 0.5) is 0 Å². The Bertz CT molecular complexity index is 538. The summed E-state index contributed by atoms with van der Waals surface area (Å²) in [5, 5.41) is 0. The van der Waals surface area contributed by atoms with Crippen molar-refractivity contribution in [3.05, 3.63) is 35.4 Å². The van der Waals surface area contributed by atoms with Crippen LogP contribution in [0.5, 0.6) is 0 Å². The number of esters is 1. The van der Waals surface area contributed by atoms with E-state index in [1.807, 2.05) is 4.90 Å². The number of carbonyl (C=O) groups excluding carboxylic acids is 3. The fourth-order valence-corrected chi connectivity index (χ4v) is 2.74. The van der Waals surface area contributed by atoms with Crippen LogP contribution in [0.1, 0.15) is 53.3 Å². The number of likely N-dealkylation sites (tertiary alicyclic amines) is 1. The molecule has 0 aliphatic carbocycles. The van der Waals surface area contributed by atoms with Gasteiger partial charge in [-0.3, -0.25) is 9.59 Å². The first-order chi connectivity index (χ1) is 10.7. The van der Waals surface area contributed by atoms with E-state index in [1.165, 1.54) is 12.1 Å². The fourth-order valence-electron chi connectivity index (χ4n) is 2.74. The van der Waals surface area contributed by atoms with Gasteiger partial charge in [-0.05, 0) is 37.8 Å². The summed E-state index contributed by atoms with van der Waals surface area (Å²) in [6.45, 7) is 2.57. The van der Waals surface area contributed by atoms with Crippen LogP contribution in [0, 0.1) is 0 Å². The van der Waals surface area contributed by atoms with E-state index in [4.69, 9.17) is 4.74 Å². The molecule has 0 N–H and O–H groups in total. The van der Waals surface area contributed by atoms with Crippen molar-refractivity contribution in [2.24, 2.45) is 0 Å². The first-order valence-corrected chi connectivity index (χ1v) is 7.67. The van der Waals surface area contributed by atoms with Gasteiger partial charge in [0.15, 0.2) is 6.61 Å². The lowest BCUT2D eigenvalue weighted by Crippen LogP contribution is -2.45. The number of aldehydes is 1. The maximum atomic E-state index is 12.2. The highest BCUT2D eigenvalue weighted by Crippen LogP contribution is 2.19. The van der Waals surface area contributed by atoms with Crippen molar-refractivity contribution in [1.29, 1.82) is 0 Å². The molecule has 0 spiro atoms. The number of carbonyl (C=O) groups is 3. The highest BCUT2D eigenvalue weighted by molar-refractivity contribution is 5.92. The highest BCUT2D eigenvalue weighted by Gasteiger charge is 2.25. The average molecular weight is 303 g/mol. The van der Waals surface area contributed by atoms with E-state index in [1.54, 1.807) is 12.1 Å². The SMILES string of the molecule is CC[C@@H]1CCCCN1C(=O)COC(=O)c1ccc(C=O)cc1. The van der Waals surface area contributed by atoms with Crippen LogP contribution < -0.4 is 0 Å². The molecule has 1 aliphatic rings. The van der Waals surface area contributed by atoms with Crippen molar-refractivity contribution in [1.82, 2.24) is 4.90 Å². The zero-order valence-corrected chi connectivity index (χ0v) is 12.8. The molecule has 0 unspecified atom stereocenters.